The Bertz CT molecular complexity index is 597. The van der Waals surface area contributed by atoms with Crippen LogP contribution in [0.2, 0.25) is 0 Å². The van der Waals surface area contributed by atoms with E-state index in [1.54, 1.807) is 0 Å². The van der Waals surface area contributed by atoms with Crippen molar-refractivity contribution in [3.63, 3.8) is 0 Å². The second-order valence-electron chi connectivity index (χ2n) is 5.37. The molecule has 1 aliphatic rings. The Kier molecular flexibility index (Phi) is 5.11. The molecule has 0 amide bonds. The molecule has 2 nitrogen and oxygen atoms in total. The first-order valence-corrected chi connectivity index (χ1v) is 9.62. The highest BCUT2D eigenvalue weighted by Gasteiger charge is 2.33. The number of nitrogens with two attached hydrogens (primary N) is 1. The highest BCUT2D eigenvalue weighted by Crippen LogP contribution is 2.41. The topological polar surface area (TPSA) is 38.0 Å². The Morgan fingerprint density at radius 2 is 1.90 bits per heavy atom. The van der Waals surface area contributed by atoms with Crippen LogP contribution in [0.3, 0.4) is 0 Å². The average Bonchev–Trinajstić information content (AvgIpc) is 2.56. The minimum Gasteiger partial charge on any atom is -0.271 e. The van der Waals surface area contributed by atoms with Crippen LogP contribution in [0, 0.1) is 0 Å². The summed E-state index contributed by atoms with van der Waals surface area (Å²) in [6.45, 7) is 2.28. The van der Waals surface area contributed by atoms with Crippen molar-refractivity contribution in [2.24, 2.45) is 5.84 Å². The fraction of sp³-hybridized carbons (Fsp3) is 0.412. The molecule has 3 unspecified atom stereocenters. The molecule has 0 aromatic heterocycles. The molecule has 0 saturated carbocycles. The van der Waals surface area contributed by atoms with E-state index in [1.807, 2.05) is 0 Å². The van der Waals surface area contributed by atoms with Gasteiger partial charge in [-0.25, -0.2) is 0 Å². The van der Waals surface area contributed by atoms with E-state index < -0.39 is 0 Å². The molecule has 1 aliphatic heterocycles. The summed E-state index contributed by atoms with van der Waals surface area (Å²) in [7, 11) is 0. The van der Waals surface area contributed by atoms with Crippen LogP contribution < -0.4 is 11.3 Å². The molecule has 3 rings (SSSR count). The first-order valence-electron chi connectivity index (χ1n) is 7.52. The highest BCUT2D eigenvalue weighted by molar-refractivity contribution is 8.07. The van der Waals surface area contributed by atoms with Crippen molar-refractivity contribution in [1.82, 2.24) is 5.43 Å². The molecule has 112 valence electrons. The van der Waals surface area contributed by atoms with Gasteiger partial charge in [0.2, 0.25) is 0 Å². The summed E-state index contributed by atoms with van der Waals surface area (Å²) in [6.07, 6.45) is 1.20. The number of hydrogen-bond donors (Lipinski definition) is 2. The summed E-state index contributed by atoms with van der Waals surface area (Å²) in [5.41, 5.74) is 4.44. The molecule has 0 aliphatic carbocycles. The molecular weight excluding hydrogens is 296 g/mol. The monoisotopic (exact) mass is 318 g/mol. The van der Waals surface area contributed by atoms with Gasteiger partial charge in [-0.2, -0.15) is 23.5 Å². The van der Waals surface area contributed by atoms with Gasteiger partial charge in [0.25, 0.3) is 0 Å². The Labute approximate surface area is 135 Å². The quantitative estimate of drug-likeness (QED) is 0.661. The van der Waals surface area contributed by atoms with Crippen LogP contribution in [0.4, 0.5) is 0 Å². The average molecular weight is 319 g/mol. The number of thioether (sulfide) groups is 2. The third kappa shape index (κ3) is 3.09. The fourth-order valence-corrected chi connectivity index (χ4v) is 6.35. The van der Waals surface area contributed by atoms with Crippen molar-refractivity contribution in [3.8, 4) is 0 Å². The lowest BCUT2D eigenvalue weighted by Crippen LogP contribution is -2.41. The van der Waals surface area contributed by atoms with E-state index >= 15 is 0 Å². The van der Waals surface area contributed by atoms with Crippen LogP contribution in [0.1, 0.15) is 24.9 Å². The third-order valence-corrected chi connectivity index (χ3v) is 7.51. The fourth-order valence-electron chi connectivity index (χ4n) is 3.13. The van der Waals surface area contributed by atoms with E-state index in [0.29, 0.717) is 10.5 Å². The standard InChI is InChI=1S/C17H22N2S2/c1-2-15-17(21-11-10-20-15)16(19-18)14-9-5-7-12-6-3-4-8-13(12)14/h3-9,15-17,19H,2,10-11,18H2,1H3. The number of hydrogen-bond acceptors (Lipinski definition) is 4. The maximum Gasteiger partial charge on any atom is 0.0595 e. The van der Waals surface area contributed by atoms with Gasteiger partial charge in [-0.05, 0) is 22.8 Å². The van der Waals surface area contributed by atoms with Gasteiger partial charge in [0.15, 0.2) is 0 Å². The van der Waals surface area contributed by atoms with Crippen LogP contribution in [-0.2, 0) is 0 Å². The Balaban J connectivity index is 2.01. The normalized spacial score (nSPS) is 24.1. The van der Waals surface area contributed by atoms with Crippen molar-refractivity contribution < 1.29 is 0 Å². The number of benzene rings is 2. The van der Waals surface area contributed by atoms with Crippen LogP contribution in [0.15, 0.2) is 42.5 Å². The summed E-state index contributed by atoms with van der Waals surface area (Å²) in [5.74, 6) is 8.44. The number of hydrazine groups is 1. The molecule has 1 heterocycles. The predicted molar refractivity (Wildman–Crippen MR) is 96.8 cm³/mol. The summed E-state index contributed by atoms with van der Waals surface area (Å²) < 4.78 is 0. The first kappa shape index (κ1) is 15.2. The zero-order valence-corrected chi connectivity index (χ0v) is 13.9. The van der Waals surface area contributed by atoms with Crippen molar-refractivity contribution in [3.05, 3.63) is 48.0 Å². The maximum atomic E-state index is 5.97. The highest BCUT2D eigenvalue weighted by atomic mass is 32.2. The molecule has 2 aromatic carbocycles. The molecule has 1 fully saturated rings. The minimum atomic E-state index is 0.207. The Hall–Kier alpha value is -0.680. The molecular formula is C17H22N2S2. The van der Waals surface area contributed by atoms with Crippen LogP contribution in [0.5, 0.6) is 0 Å². The lowest BCUT2D eigenvalue weighted by atomic mass is 9.95. The largest absolute Gasteiger partial charge is 0.271 e. The summed E-state index contributed by atoms with van der Waals surface area (Å²) >= 11 is 4.17. The van der Waals surface area contributed by atoms with Gasteiger partial charge in [-0.3, -0.25) is 11.3 Å². The van der Waals surface area contributed by atoms with E-state index in [-0.39, 0.29) is 6.04 Å². The molecule has 21 heavy (non-hydrogen) atoms. The lowest BCUT2D eigenvalue weighted by molar-refractivity contribution is 0.517. The van der Waals surface area contributed by atoms with E-state index in [1.165, 1.54) is 34.3 Å². The van der Waals surface area contributed by atoms with E-state index in [0.717, 1.165) is 0 Å². The minimum absolute atomic E-state index is 0.207. The van der Waals surface area contributed by atoms with Crippen molar-refractivity contribution in [2.45, 2.75) is 29.9 Å². The van der Waals surface area contributed by atoms with E-state index in [2.05, 4.69) is 78.3 Å². The van der Waals surface area contributed by atoms with Gasteiger partial charge in [0.05, 0.1) is 6.04 Å². The van der Waals surface area contributed by atoms with Gasteiger partial charge in [-0.1, -0.05) is 49.4 Å². The van der Waals surface area contributed by atoms with Crippen molar-refractivity contribution in [2.75, 3.05) is 11.5 Å². The van der Waals surface area contributed by atoms with Gasteiger partial charge >= 0.3 is 0 Å². The smallest absolute Gasteiger partial charge is 0.0595 e. The second-order valence-corrected chi connectivity index (χ2v) is 8.00. The number of fused-ring (bicyclic) bond motifs is 1. The summed E-state index contributed by atoms with van der Waals surface area (Å²) in [4.78, 5) is 0. The van der Waals surface area contributed by atoms with Crippen LogP contribution in [-0.4, -0.2) is 22.0 Å². The molecule has 0 radical (unpaired) electrons. The first-order chi connectivity index (χ1) is 10.3. The van der Waals surface area contributed by atoms with E-state index in [4.69, 9.17) is 5.84 Å². The van der Waals surface area contributed by atoms with Gasteiger partial charge in [0, 0.05) is 22.0 Å². The van der Waals surface area contributed by atoms with Gasteiger partial charge < -0.3 is 0 Å². The Morgan fingerprint density at radius 3 is 2.71 bits per heavy atom. The molecule has 0 spiro atoms. The number of rotatable bonds is 4. The van der Waals surface area contributed by atoms with Crippen LogP contribution in [0.25, 0.3) is 10.8 Å². The zero-order valence-electron chi connectivity index (χ0n) is 12.3. The van der Waals surface area contributed by atoms with Gasteiger partial charge in [0.1, 0.15) is 0 Å². The summed E-state index contributed by atoms with van der Waals surface area (Å²) in [5, 5.41) is 3.80. The molecule has 2 aromatic rings. The second kappa shape index (κ2) is 7.05. The molecule has 3 atom stereocenters. The Morgan fingerprint density at radius 1 is 1.14 bits per heavy atom. The molecule has 3 N–H and O–H groups in total. The van der Waals surface area contributed by atoms with E-state index in [9.17, 15) is 0 Å². The number of nitrogens with one attached hydrogen (secondary N) is 1. The maximum absolute atomic E-state index is 5.97. The molecule has 1 saturated heterocycles. The van der Waals surface area contributed by atoms with Crippen molar-refractivity contribution in [1.29, 1.82) is 0 Å². The van der Waals surface area contributed by atoms with Gasteiger partial charge in [-0.15, -0.1) is 0 Å². The molecule has 0 bridgehead atoms. The lowest BCUT2D eigenvalue weighted by Gasteiger charge is -2.36. The zero-order chi connectivity index (χ0) is 14.7. The third-order valence-electron chi connectivity index (χ3n) is 4.16. The predicted octanol–water partition coefficient (Wildman–Crippen LogP) is 3.97. The van der Waals surface area contributed by atoms with Crippen molar-refractivity contribution >= 4 is 34.3 Å². The molecule has 4 heteroatoms. The van der Waals surface area contributed by atoms with Crippen LogP contribution >= 0.6 is 23.5 Å². The SMILES string of the molecule is CCC1SCCSC1C(NN)c1cccc2ccccc12. The summed E-state index contributed by atoms with van der Waals surface area (Å²) in [6, 6.07) is 15.3.